The van der Waals surface area contributed by atoms with Gasteiger partial charge in [-0.25, -0.2) is 0 Å². The number of ether oxygens (including phenoxy) is 2. The lowest BCUT2D eigenvalue weighted by Crippen LogP contribution is -2.25. The van der Waals surface area contributed by atoms with Gasteiger partial charge >= 0.3 is 0 Å². The van der Waals surface area contributed by atoms with Crippen molar-refractivity contribution in [1.82, 2.24) is 0 Å². The van der Waals surface area contributed by atoms with Crippen molar-refractivity contribution in [3.05, 3.63) is 28.2 Å². The molecule has 0 bridgehead atoms. The van der Waals surface area contributed by atoms with Crippen molar-refractivity contribution in [1.29, 1.82) is 0 Å². The third-order valence-electron chi connectivity index (χ3n) is 2.19. The summed E-state index contributed by atoms with van der Waals surface area (Å²) in [6, 6.07) is 5.73. The van der Waals surface area contributed by atoms with Crippen LogP contribution in [0.4, 0.5) is 0 Å². The third-order valence-corrected chi connectivity index (χ3v) is 3.08. The second kappa shape index (κ2) is 6.99. The lowest BCUT2D eigenvalue weighted by atomic mass is 10.2. The molecule has 4 heteroatoms. The summed E-state index contributed by atoms with van der Waals surface area (Å²) in [6.07, 6.45) is -0.471. The molecule has 96 valence electrons. The summed E-state index contributed by atoms with van der Waals surface area (Å²) >= 11 is 3.43. The molecule has 1 N–H and O–H groups in total. The maximum Gasteiger partial charge on any atom is 0.119 e. The quantitative estimate of drug-likeness (QED) is 0.878. The minimum Gasteiger partial charge on any atom is -0.491 e. The number of aliphatic hydroxyl groups excluding tert-OH is 1. The first-order chi connectivity index (χ1) is 7.99. The van der Waals surface area contributed by atoms with Crippen LogP contribution in [0, 0.1) is 6.92 Å². The Morgan fingerprint density at radius 3 is 2.59 bits per heavy atom. The van der Waals surface area contributed by atoms with E-state index in [9.17, 15) is 5.11 Å². The van der Waals surface area contributed by atoms with E-state index in [1.807, 2.05) is 39.0 Å². The Labute approximate surface area is 111 Å². The summed E-state index contributed by atoms with van der Waals surface area (Å²) in [5.74, 6) is 0.759. The van der Waals surface area contributed by atoms with Gasteiger partial charge in [-0.15, -0.1) is 0 Å². The second-order valence-corrected chi connectivity index (χ2v) is 5.11. The highest BCUT2D eigenvalue weighted by Gasteiger charge is 2.07. The van der Waals surface area contributed by atoms with E-state index in [1.165, 1.54) is 0 Å². The van der Waals surface area contributed by atoms with Crippen LogP contribution in [0.1, 0.15) is 19.4 Å². The summed E-state index contributed by atoms with van der Waals surface area (Å²) in [4.78, 5) is 0. The first-order valence-electron chi connectivity index (χ1n) is 5.67. The molecule has 0 aromatic heterocycles. The Hall–Kier alpha value is -0.580. The fraction of sp³-hybridized carbons (Fsp3) is 0.538. The van der Waals surface area contributed by atoms with Crippen LogP contribution in [0.15, 0.2) is 22.7 Å². The van der Waals surface area contributed by atoms with E-state index in [4.69, 9.17) is 9.47 Å². The van der Waals surface area contributed by atoms with Crippen LogP contribution in [-0.4, -0.2) is 30.5 Å². The Balaban J connectivity index is 2.36. The molecule has 1 aromatic rings. The van der Waals surface area contributed by atoms with Gasteiger partial charge in [-0.2, -0.15) is 0 Å². The van der Waals surface area contributed by atoms with Gasteiger partial charge in [0.05, 0.1) is 12.7 Å². The normalized spacial score (nSPS) is 12.8. The molecule has 1 rings (SSSR count). The molecule has 17 heavy (non-hydrogen) atoms. The summed E-state index contributed by atoms with van der Waals surface area (Å²) < 4.78 is 11.8. The van der Waals surface area contributed by atoms with Gasteiger partial charge in [0, 0.05) is 4.47 Å². The SMILES string of the molecule is Cc1cc(OCC(O)COC(C)C)ccc1Br. The maximum absolute atomic E-state index is 9.62. The summed E-state index contributed by atoms with van der Waals surface area (Å²) in [5, 5.41) is 9.62. The summed E-state index contributed by atoms with van der Waals surface area (Å²) in [6.45, 7) is 6.41. The van der Waals surface area contributed by atoms with Crippen LogP contribution >= 0.6 is 15.9 Å². The lowest BCUT2D eigenvalue weighted by molar-refractivity contribution is -0.0122. The van der Waals surface area contributed by atoms with Gasteiger partial charge in [-0.3, -0.25) is 0 Å². The highest BCUT2D eigenvalue weighted by atomic mass is 79.9. The van der Waals surface area contributed by atoms with Gasteiger partial charge in [0.1, 0.15) is 18.5 Å². The van der Waals surface area contributed by atoms with Crippen LogP contribution in [0.5, 0.6) is 5.75 Å². The molecule has 1 atom stereocenters. The van der Waals surface area contributed by atoms with E-state index >= 15 is 0 Å². The zero-order valence-corrected chi connectivity index (χ0v) is 12.0. The topological polar surface area (TPSA) is 38.7 Å². The summed E-state index contributed by atoms with van der Waals surface area (Å²) in [7, 11) is 0. The predicted octanol–water partition coefficient (Wildman–Crippen LogP) is 2.92. The average molecular weight is 303 g/mol. The van der Waals surface area contributed by atoms with Crippen molar-refractivity contribution in [2.75, 3.05) is 13.2 Å². The first-order valence-corrected chi connectivity index (χ1v) is 6.47. The highest BCUT2D eigenvalue weighted by molar-refractivity contribution is 9.10. The summed E-state index contributed by atoms with van der Waals surface area (Å²) in [5.41, 5.74) is 1.11. The smallest absolute Gasteiger partial charge is 0.119 e. The monoisotopic (exact) mass is 302 g/mol. The van der Waals surface area contributed by atoms with E-state index in [0.717, 1.165) is 15.8 Å². The van der Waals surface area contributed by atoms with Crippen molar-refractivity contribution in [2.24, 2.45) is 0 Å². The molecule has 0 aliphatic rings. The van der Waals surface area contributed by atoms with Gasteiger partial charge in [0.15, 0.2) is 0 Å². The maximum atomic E-state index is 9.62. The first kappa shape index (κ1) is 14.5. The van der Waals surface area contributed by atoms with Crippen molar-refractivity contribution in [3.8, 4) is 5.75 Å². The van der Waals surface area contributed by atoms with E-state index < -0.39 is 6.10 Å². The molecule has 0 saturated heterocycles. The molecule has 0 aliphatic heterocycles. The molecular formula is C13H19BrO3. The third kappa shape index (κ3) is 5.52. The van der Waals surface area contributed by atoms with Crippen LogP contribution < -0.4 is 4.74 Å². The zero-order chi connectivity index (χ0) is 12.8. The molecule has 0 spiro atoms. The van der Waals surface area contributed by atoms with Crippen molar-refractivity contribution < 1.29 is 14.6 Å². The molecule has 0 saturated carbocycles. The fourth-order valence-corrected chi connectivity index (χ4v) is 1.50. The fourth-order valence-electron chi connectivity index (χ4n) is 1.25. The Bertz CT molecular complexity index is 353. The number of hydrogen-bond acceptors (Lipinski definition) is 3. The largest absolute Gasteiger partial charge is 0.491 e. The van der Waals surface area contributed by atoms with E-state index in [0.29, 0.717) is 6.61 Å². The standard InChI is InChI=1S/C13H19BrO3/c1-9(2)16-7-11(15)8-17-12-4-5-13(14)10(3)6-12/h4-6,9,11,15H,7-8H2,1-3H3. The Morgan fingerprint density at radius 2 is 2.00 bits per heavy atom. The molecule has 3 nitrogen and oxygen atoms in total. The Kier molecular flexibility index (Phi) is 5.95. The number of rotatable bonds is 6. The number of aryl methyl sites for hydroxylation is 1. The number of aliphatic hydroxyl groups is 1. The molecule has 0 heterocycles. The van der Waals surface area contributed by atoms with Gasteiger partial charge < -0.3 is 14.6 Å². The molecule has 0 radical (unpaired) electrons. The van der Waals surface area contributed by atoms with E-state index in [1.54, 1.807) is 0 Å². The molecular weight excluding hydrogens is 284 g/mol. The molecule has 1 aromatic carbocycles. The number of hydrogen-bond donors (Lipinski definition) is 1. The number of benzene rings is 1. The van der Waals surface area contributed by atoms with Crippen LogP contribution in [0.25, 0.3) is 0 Å². The van der Waals surface area contributed by atoms with Gasteiger partial charge in [-0.1, -0.05) is 15.9 Å². The van der Waals surface area contributed by atoms with Crippen molar-refractivity contribution in [3.63, 3.8) is 0 Å². The van der Waals surface area contributed by atoms with Gasteiger partial charge in [0.25, 0.3) is 0 Å². The van der Waals surface area contributed by atoms with Gasteiger partial charge in [-0.05, 0) is 44.5 Å². The lowest BCUT2D eigenvalue weighted by Gasteiger charge is -2.14. The predicted molar refractivity (Wildman–Crippen MR) is 71.5 cm³/mol. The number of halogens is 1. The molecule has 0 aliphatic carbocycles. The van der Waals surface area contributed by atoms with Crippen LogP contribution in [-0.2, 0) is 4.74 Å². The molecule has 0 fully saturated rings. The highest BCUT2D eigenvalue weighted by Crippen LogP contribution is 2.21. The van der Waals surface area contributed by atoms with Crippen LogP contribution in [0.2, 0.25) is 0 Å². The Morgan fingerprint density at radius 1 is 1.29 bits per heavy atom. The second-order valence-electron chi connectivity index (χ2n) is 4.26. The van der Waals surface area contributed by atoms with Gasteiger partial charge in [0.2, 0.25) is 0 Å². The zero-order valence-electron chi connectivity index (χ0n) is 10.4. The van der Waals surface area contributed by atoms with Crippen LogP contribution in [0.3, 0.4) is 0 Å². The minimum absolute atomic E-state index is 0.125. The minimum atomic E-state index is -0.596. The van der Waals surface area contributed by atoms with Crippen molar-refractivity contribution in [2.45, 2.75) is 33.0 Å². The molecule has 1 unspecified atom stereocenters. The molecule has 0 amide bonds. The van der Waals surface area contributed by atoms with Crippen molar-refractivity contribution >= 4 is 15.9 Å². The average Bonchev–Trinajstić information content (AvgIpc) is 2.28. The van der Waals surface area contributed by atoms with E-state index in [-0.39, 0.29) is 12.7 Å². The van der Waals surface area contributed by atoms with E-state index in [2.05, 4.69) is 15.9 Å².